The fraction of sp³-hybridized carbons (Fsp3) is 0.647. The molecule has 1 aromatic rings. The number of likely N-dealkylation sites (N-methyl/N-ethyl adjacent to an activating group) is 1. The molecule has 1 aliphatic heterocycles. The second kappa shape index (κ2) is 6.34. The second-order valence-electron chi connectivity index (χ2n) is 6.38. The molecule has 1 aromatic carbocycles. The average Bonchev–Trinajstić information content (AvgIpc) is 2.85. The van der Waals surface area contributed by atoms with Gasteiger partial charge in [-0.15, -0.1) is 0 Å². The first-order chi connectivity index (χ1) is 10.2. The van der Waals surface area contributed by atoms with Gasteiger partial charge in [-0.05, 0) is 55.5 Å². The summed E-state index contributed by atoms with van der Waals surface area (Å²) in [6.45, 7) is 2.89. The Labute approximate surface area is 127 Å². The van der Waals surface area contributed by atoms with E-state index in [-0.39, 0.29) is 6.04 Å². The van der Waals surface area contributed by atoms with E-state index in [0.717, 1.165) is 31.9 Å². The van der Waals surface area contributed by atoms with Crippen molar-refractivity contribution in [1.82, 2.24) is 4.90 Å². The van der Waals surface area contributed by atoms with Gasteiger partial charge in [0.1, 0.15) is 5.75 Å². The van der Waals surface area contributed by atoms with Crippen LogP contribution in [0.1, 0.15) is 30.0 Å². The zero-order valence-electron chi connectivity index (χ0n) is 13.0. The molecule has 2 aliphatic rings. The van der Waals surface area contributed by atoms with Crippen LogP contribution in [0.3, 0.4) is 0 Å². The molecule has 3 atom stereocenters. The molecule has 0 spiro atoms. The van der Waals surface area contributed by atoms with Crippen LogP contribution in [-0.2, 0) is 11.2 Å². The van der Waals surface area contributed by atoms with Gasteiger partial charge in [-0.2, -0.15) is 0 Å². The average molecular weight is 290 g/mol. The summed E-state index contributed by atoms with van der Waals surface area (Å²) in [6, 6.07) is 6.74. The number of hydrogen-bond donors (Lipinski definition) is 1. The van der Waals surface area contributed by atoms with Crippen LogP contribution in [0.25, 0.3) is 0 Å². The number of nitrogens with two attached hydrogens (primary N) is 1. The van der Waals surface area contributed by atoms with Gasteiger partial charge in [0, 0.05) is 25.2 Å². The van der Waals surface area contributed by atoms with Gasteiger partial charge in [0.15, 0.2) is 0 Å². The minimum absolute atomic E-state index is 0.0737. The molecule has 21 heavy (non-hydrogen) atoms. The highest BCUT2D eigenvalue weighted by Gasteiger charge is 2.33. The largest absolute Gasteiger partial charge is 0.497 e. The van der Waals surface area contributed by atoms with Gasteiger partial charge < -0.3 is 20.1 Å². The molecule has 1 saturated heterocycles. The summed E-state index contributed by atoms with van der Waals surface area (Å²) in [6.07, 6.45) is 3.49. The molecule has 0 saturated carbocycles. The monoisotopic (exact) mass is 290 g/mol. The molecular weight excluding hydrogens is 264 g/mol. The molecule has 3 rings (SSSR count). The van der Waals surface area contributed by atoms with Crippen molar-refractivity contribution in [2.75, 3.05) is 33.9 Å². The zero-order chi connectivity index (χ0) is 14.8. The van der Waals surface area contributed by atoms with Crippen LogP contribution in [-0.4, -0.2) is 44.9 Å². The Morgan fingerprint density at radius 1 is 1.43 bits per heavy atom. The summed E-state index contributed by atoms with van der Waals surface area (Å²) in [5.41, 5.74) is 9.09. The van der Waals surface area contributed by atoms with Gasteiger partial charge in [-0.3, -0.25) is 0 Å². The Morgan fingerprint density at radius 3 is 3.00 bits per heavy atom. The lowest BCUT2D eigenvalue weighted by Crippen LogP contribution is -2.42. The number of rotatable bonds is 4. The normalized spacial score (nSPS) is 28.7. The fourth-order valence-electron chi connectivity index (χ4n) is 3.68. The molecular formula is C17H26N2O2. The van der Waals surface area contributed by atoms with Crippen LogP contribution in [0.4, 0.5) is 0 Å². The number of nitrogens with zero attached hydrogens (tertiary/aromatic N) is 1. The molecule has 116 valence electrons. The van der Waals surface area contributed by atoms with Crippen LogP contribution in [0.2, 0.25) is 0 Å². The summed E-state index contributed by atoms with van der Waals surface area (Å²) < 4.78 is 10.9. The highest BCUT2D eigenvalue weighted by atomic mass is 16.5. The van der Waals surface area contributed by atoms with Gasteiger partial charge in [0.25, 0.3) is 0 Å². The van der Waals surface area contributed by atoms with Crippen molar-refractivity contribution in [2.24, 2.45) is 11.7 Å². The third-order valence-electron chi connectivity index (χ3n) is 4.92. The van der Waals surface area contributed by atoms with Crippen molar-refractivity contribution < 1.29 is 9.47 Å². The van der Waals surface area contributed by atoms with Gasteiger partial charge in [-0.25, -0.2) is 0 Å². The maximum Gasteiger partial charge on any atom is 0.119 e. The molecule has 0 amide bonds. The van der Waals surface area contributed by atoms with E-state index < -0.39 is 0 Å². The van der Waals surface area contributed by atoms with Crippen molar-refractivity contribution in [3.63, 3.8) is 0 Å². The Kier molecular flexibility index (Phi) is 4.48. The van der Waals surface area contributed by atoms with Crippen molar-refractivity contribution >= 4 is 0 Å². The SMILES string of the molecule is COc1ccc2c(c1)C(N)C(N(C)CC1CCCOC1)C2. The minimum atomic E-state index is 0.0737. The van der Waals surface area contributed by atoms with Gasteiger partial charge in [-0.1, -0.05) is 6.07 Å². The smallest absolute Gasteiger partial charge is 0.119 e. The summed E-state index contributed by atoms with van der Waals surface area (Å²) in [5, 5.41) is 0. The lowest BCUT2D eigenvalue weighted by Gasteiger charge is -2.32. The lowest BCUT2D eigenvalue weighted by molar-refractivity contribution is 0.0350. The lowest BCUT2D eigenvalue weighted by atomic mass is 10.00. The van der Waals surface area contributed by atoms with E-state index >= 15 is 0 Å². The summed E-state index contributed by atoms with van der Waals surface area (Å²) in [5.74, 6) is 1.54. The summed E-state index contributed by atoms with van der Waals surface area (Å²) in [7, 11) is 3.90. The second-order valence-corrected chi connectivity index (χ2v) is 6.38. The van der Waals surface area contributed by atoms with Gasteiger partial charge in [0.2, 0.25) is 0 Å². The number of hydrogen-bond acceptors (Lipinski definition) is 4. The quantitative estimate of drug-likeness (QED) is 0.921. The third-order valence-corrected chi connectivity index (χ3v) is 4.92. The van der Waals surface area contributed by atoms with Crippen LogP contribution in [0.5, 0.6) is 5.75 Å². The topological polar surface area (TPSA) is 47.7 Å². The van der Waals surface area contributed by atoms with Crippen molar-refractivity contribution in [3.8, 4) is 5.75 Å². The first-order valence-corrected chi connectivity index (χ1v) is 7.89. The highest BCUT2D eigenvalue weighted by Crippen LogP contribution is 2.35. The predicted molar refractivity (Wildman–Crippen MR) is 83.6 cm³/mol. The van der Waals surface area contributed by atoms with Crippen LogP contribution >= 0.6 is 0 Å². The van der Waals surface area contributed by atoms with Crippen molar-refractivity contribution in [1.29, 1.82) is 0 Å². The molecule has 1 aliphatic carbocycles. The molecule has 4 nitrogen and oxygen atoms in total. The Hall–Kier alpha value is -1.10. The number of fused-ring (bicyclic) bond motifs is 1. The van der Waals surface area contributed by atoms with Crippen LogP contribution in [0, 0.1) is 5.92 Å². The third kappa shape index (κ3) is 3.07. The number of benzene rings is 1. The maximum absolute atomic E-state index is 6.49. The summed E-state index contributed by atoms with van der Waals surface area (Å²) in [4.78, 5) is 2.43. The van der Waals surface area contributed by atoms with E-state index in [9.17, 15) is 0 Å². The molecule has 4 heteroatoms. The van der Waals surface area contributed by atoms with E-state index in [1.807, 2.05) is 6.07 Å². The minimum Gasteiger partial charge on any atom is -0.497 e. The van der Waals surface area contributed by atoms with Crippen molar-refractivity contribution in [3.05, 3.63) is 29.3 Å². The molecule has 0 radical (unpaired) electrons. The number of ether oxygens (including phenoxy) is 2. The zero-order valence-corrected chi connectivity index (χ0v) is 13.0. The molecule has 3 unspecified atom stereocenters. The molecule has 2 N–H and O–H groups in total. The number of methoxy groups -OCH3 is 1. The van der Waals surface area contributed by atoms with E-state index in [1.165, 1.54) is 24.0 Å². The molecule has 1 fully saturated rings. The molecule has 0 aromatic heterocycles. The standard InChI is InChI=1S/C17H26N2O2/c1-19(10-12-4-3-7-21-11-12)16-8-13-5-6-14(20-2)9-15(13)17(16)18/h5-6,9,12,16-17H,3-4,7-8,10-11,18H2,1-2H3. The molecule has 0 bridgehead atoms. The fourth-order valence-corrected chi connectivity index (χ4v) is 3.68. The van der Waals surface area contributed by atoms with E-state index in [2.05, 4.69) is 24.1 Å². The van der Waals surface area contributed by atoms with Gasteiger partial charge in [0.05, 0.1) is 13.7 Å². The Morgan fingerprint density at radius 2 is 2.29 bits per heavy atom. The van der Waals surface area contributed by atoms with E-state index in [1.54, 1.807) is 7.11 Å². The van der Waals surface area contributed by atoms with Crippen molar-refractivity contribution in [2.45, 2.75) is 31.3 Å². The van der Waals surface area contributed by atoms with Crippen LogP contribution in [0.15, 0.2) is 18.2 Å². The Bertz CT molecular complexity index is 486. The predicted octanol–water partition coefficient (Wildman–Crippen LogP) is 1.98. The molecule has 1 heterocycles. The first kappa shape index (κ1) is 14.8. The van der Waals surface area contributed by atoms with Gasteiger partial charge >= 0.3 is 0 Å². The maximum atomic E-state index is 6.49. The highest BCUT2D eigenvalue weighted by molar-refractivity contribution is 5.42. The Balaban J connectivity index is 1.67. The van der Waals surface area contributed by atoms with E-state index in [4.69, 9.17) is 15.2 Å². The van der Waals surface area contributed by atoms with E-state index in [0.29, 0.717) is 12.0 Å². The van der Waals surface area contributed by atoms with Crippen LogP contribution < -0.4 is 10.5 Å². The first-order valence-electron chi connectivity index (χ1n) is 7.89. The summed E-state index contributed by atoms with van der Waals surface area (Å²) >= 11 is 0.